The Labute approximate surface area is 142 Å². The highest BCUT2D eigenvalue weighted by atomic mass is 35.5. The minimum Gasteiger partial charge on any atom is -0.376 e. The monoisotopic (exact) mass is 341 g/mol. The van der Waals surface area contributed by atoms with Crippen molar-refractivity contribution in [3.8, 4) is 0 Å². The molecule has 0 spiro atoms. The van der Waals surface area contributed by atoms with Gasteiger partial charge >= 0.3 is 0 Å². The van der Waals surface area contributed by atoms with Crippen molar-refractivity contribution < 1.29 is 0 Å². The summed E-state index contributed by atoms with van der Waals surface area (Å²) in [5, 5.41) is 4.56. The highest BCUT2D eigenvalue weighted by molar-refractivity contribution is 6.31. The number of anilines is 1. The van der Waals surface area contributed by atoms with Crippen LogP contribution in [-0.4, -0.2) is 9.55 Å². The normalized spacial score (nSPS) is 14.0. The number of benzene rings is 1. The minimum absolute atomic E-state index is 0.0414. The predicted molar refractivity (Wildman–Crippen MR) is 95.9 cm³/mol. The molecule has 1 aromatic carbocycles. The summed E-state index contributed by atoms with van der Waals surface area (Å²) in [6.45, 7) is 0.279. The van der Waals surface area contributed by atoms with Gasteiger partial charge in [0, 0.05) is 40.3 Å². The summed E-state index contributed by atoms with van der Waals surface area (Å²) in [6, 6.07) is 11.0. The van der Waals surface area contributed by atoms with Gasteiger partial charge in [-0.25, -0.2) is 0 Å². The fourth-order valence-electron chi connectivity index (χ4n) is 2.83. The maximum atomic E-state index is 12.4. The molecule has 122 valence electrons. The van der Waals surface area contributed by atoms with E-state index in [1.807, 2.05) is 12.3 Å². The Bertz CT molecular complexity index is 1030. The number of H-pyrrole nitrogens is 1. The van der Waals surface area contributed by atoms with Crippen LogP contribution < -0.4 is 16.4 Å². The second-order valence-electron chi connectivity index (χ2n) is 6.07. The van der Waals surface area contributed by atoms with Crippen LogP contribution in [-0.2, 0) is 6.54 Å². The standard InChI is InChI=1S/C18H16ClN3O2/c19-13-3-6-15-11(9-13)8-12(17(23)21-15)10-20-16-2-1-7-22(18(16)24)14-4-5-14/h1-3,6-9,14,20H,4-5,10H2,(H,21,23). The summed E-state index contributed by atoms with van der Waals surface area (Å²) in [6.07, 6.45) is 3.92. The van der Waals surface area contributed by atoms with Gasteiger partial charge in [-0.2, -0.15) is 0 Å². The lowest BCUT2D eigenvalue weighted by molar-refractivity contribution is 0.708. The zero-order valence-electron chi connectivity index (χ0n) is 12.9. The van der Waals surface area contributed by atoms with E-state index < -0.39 is 0 Å². The van der Waals surface area contributed by atoms with Crippen molar-refractivity contribution >= 4 is 28.2 Å². The molecular weight excluding hydrogens is 326 g/mol. The number of hydrogen-bond donors (Lipinski definition) is 2. The van der Waals surface area contributed by atoms with Gasteiger partial charge in [-0.1, -0.05) is 11.6 Å². The topological polar surface area (TPSA) is 66.9 Å². The number of hydrogen-bond acceptors (Lipinski definition) is 3. The van der Waals surface area contributed by atoms with Crippen molar-refractivity contribution in [1.29, 1.82) is 0 Å². The van der Waals surface area contributed by atoms with E-state index in [0.717, 1.165) is 23.7 Å². The molecule has 0 unspecified atom stereocenters. The van der Waals surface area contributed by atoms with Crippen molar-refractivity contribution in [3.63, 3.8) is 0 Å². The van der Waals surface area contributed by atoms with Crippen molar-refractivity contribution in [3.05, 3.63) is 73.9 Å². The molecular formula is C18H16ClN3O2. The van der Waals surface area contributed by atoms with E-state index in [1.165, 1.54) is 0 Å². The predicted octanol–water partition coefficient (Wildman–Crippen LogP) is 3.29. The molecule has 1 aliphatic carbocycles. The van der Waals surface area contributed by atoms with E-state index in [2.05, 4.69) is 10.3 Å². The quantitative estimate of drug-likeness (QED) is 0.765. The summed E-state index contributed by atoms with van der Waals surface area (Å²) in [7, 11) is 0. The molecule has 4 rings (SSSR count). The molecule has 0 saturated heterocycles. The number of aromatic amines is 1. The lowest BCUT2D eigenvalue weighted by Crippen LogP contribution is -2.23. The summed E-state index contributed by atoms with van der Waals surface area (Å²) in [5.74, 6) is 0. The molecule has 1 saturated carbocycles. The third-order valence-electron chi connectivity index (χ3n) is 4.27. The zero-order valence-corrected chi connectivity index (χ0v) is 13.6. The van der Waals surface area contributed by atoms with Crippen molar-refractivity contribution in [2.24, 2.45) is 0 Å². The summed E-state index contributed by atoms with van der Waals surface area (Å²) in [5.41, 5.74) is 1.60. The van der Waals surface area contributed by atoms with E-state index >= 15 is 0 Å². The Morgan fingerprint density at radius 2 is 2.04 bits per heavy atom. The zero-order chi connectivity index (χ0) is 16.7. The van der Waals surface area contributed by atoms with Gasteiger partial charge in [-0.05, 0) is 49.2 Å². The third-order valence-corrected chi connectivity index (χ3v) is 4.50. The van der Waals surface area contributed by atoms with Crippen LogP contribution >= 0.6 is 11.6 Å². The molecule has 1 aliphatic rings. The first-order valence-corrected chi connectivity index (χ1v) is 8.26. The smallest absolute Gasteiger partial charge is 0.274 e. The number of rotatable bonds is 4. The number of aromatic nitrogens is 2. The molecule has 2 heterocycles. The Kier molecular flexibility index (Phi) is 3.65. The van der Waals surface area contributed by atoms with Crippen LogP contribution in [0, 0.1) is 0 Å². The molecule has 6 heteroatoms. The molecule has 0 atom stereocenters. The molecule has 2 N–H and O–H groups in total. The van der Waals surface area contributed by atoms with Gasteiger partial charge in [0.2, 0.25) is 0 Å². The number of pyridine rings is 2. The summed E-state index contributed by atoms with van der Waals surface area (Å²) >= 11 is 6.01. The highest BCUT2D eigenvalue weighted by Gasteiger charge is 2.24. The lowest BCUT2D eigenvalue weighted by Gasteiger charge is -2.09. The summed E-state index contributed by atoms with van der Waals surface area (Å²) in [4.78, 5) is 27.4. The molecule has 24 heavy (non-hydrogen) atoms. The second-order valence-corrected chi connectivity index (χ2v) is 6.51. The minimum atomic E-state index is -0.171. The molecule has 2 aromatic heterocycles. The SMILES string of the molecule is O=c1[nH]c2ccc(Cl)cc2cc1CNc1cccn(C2CC2)c1=O. The van der Waals surface area contributed by atoms with Gasteiger partial charge < -0.3 is 14.9 Å². The van der Waals surface area contributed by atoms with Crippen LogP contribution in [0.2, 0.25) is 5.02 Å². The van der Waals surface area contributed by atoms with Crippen LogP contribution in [0.15, 0.2) is 52.2 Å². The first-order valence-electron chi connectivity index (χ1n) is 7.88. The molecule has 1 fully saturated rings. The number of nitrogens with zero attached hydrogens (tertiary/aromatic N) is 1. The van der Waals surface area contributed by atoms with Crippen LogP contribution in [0.25, 0.3) is 10.9 Å². The maximum Gasteiger partial charge on any atom is 0.274 e. The fourth-order valence-corrected chi connectivity index (χ4v) is 3.01. The molecule has 0 bridgehead atoms. The second kappa shape index (κ2) is 5.83. The van der Waals surface area contributed by atoms with Gasteiger partial charge in [0.1, 0.15) is 5.69 Å². The number of nitrogens with one attached hydrogen (secondary N) is 2. The van der Waals surface area contributed by atoms with Crippen LogP contribution in [0.1, 0.15) is 24.4 Å². The highest BCUT2D eigenvalue weighted by Crippen LogP contribution is 2.33. The van der Waals surface area contributed by atoms with Crippen LogP contribution in [0.4, 0.5) is 5.69 Å². The molecule has 3 aromatic rings. The maximum absolute atomic E-state index is 12.4. The summed E-state index contributed by atoms with van der Waals surface area (Å²) < 4.78 is 1.76. The molecule has 0 radical (unpaired) electrons. The Morgan fingerprint density at radius 3 is 2.83 bits per heavy atom. The van der Waals surface area contributed by atoms with Gasteiger partial charge in [0.05, 0.1) is 0 Å². The van der Waals surface area contributed by atoms with Gasteiger partial charge in [0.25, 0.3) is 11.1 Å². The average Bonchev–Trinajstić information content (AvgIpc) is 3.39. The Hall–Kier alpha value is -2.53. The van der Waals surface area contributed by atoms with E-state index in [0.29, 0.717) is 22.3 Å². The van der Waals surface area contributed by atoms with Crippen LogP contribution in [0.3, 0.4) is 0 Å². The number of halogens is 1. The van der Waals surface area contributed by atoms with E-state index in [-0.39, 0.29) is 17.7 Å². The largest absolute Gasteiger partial charge is 0.376 e. The molecule has 5 nitrogen and oxygen atoms in total. The van der Waals surface area contributed by atoms with E-state index in [4.69, 9.17) is 11.6 Å². The van der Waals surface area contributed by atoms with Crippen molar-refractivity contribution in [2.75, 3.05) is 5.32 Å². The molecule has 0 aliphatic heterocycles. The third kappa shape index (κ3) is 2.83. The first-order chi connectivity index (χ1) is 11.6. The van der Waals surface area contributed by atoms with E-state index in [9.17, 15) is 9.59 Å². The van der Waals surface area contributed by atoms with Gasteiger partial charge in [-0.3, -0.25) is 9.59 Å². The Morgan fingerprint density at radius 1 is 1.21 bits per heavy atom. The number of fused-ring (bicyclic) bond motifs is 1. The average molecular weight is 342 g/mol. The van der Waals surface area contributed by atoms with Crippen LogP contribution in [0.5, 0.6) is 0 Å². The molecule has 0 amide bonds. The van der Waals surface area contributed by atoms with Crippen molar-refractivity contribution in [1.82, 2.24) is 9.55 Å². The lowest BCUT2D eigenvalue weighted by atomic mass is 10.1. The Balaban J connectivity index is 1.63. The van der Waals surface area contributed by atoms with E-state index in [1.54, 1.807) is 34.9 Å². The fraction of sp³-hybridized carbons (Fsp3) is 0.222. The van der Waals surface area contributed by atoms with Gasteiger partial charge in [-0.15, -0.1) is 0 Å². The van der Waals surface area contributed by atoms with Gasteiger partial charge in [0.15, 0.2) is 0 Å². The van der Waals surface area contributed by atoms with Crippen molar-refractivity contribution in [2.45, 2.75) is 25.4 Å². The first kappa shape index (κ1) is 15.0.